The second-order valence-electron chi connectivity index (χ2n) is 5.76. The van der Waals surface area contributed by atoms with Gasteiger partial charge in [0, 0.05) is 18.0 Å². The van der Waals surface area contributed by atoms with Gasteiger partial charge in [-0.2, -0.15) is 5.10 Å². The predicted molar refractivity (Wildman–Crippen MR) is 87.3 cm³/mol. The molecule has 0 atom stereocenters. The van der Waals surface area contributed by atoms with Crippen LogP contribution in [0.3, 0.4) is 0 Å². The Balaban J connectivity index is 1.70. The standard InChI is InChI=1S/C17H19N3O4/c21-16(22)11-24-14-7-3-4-12(10-14)19-17(23)15-8-9-18-20(15)13-5-1-2-6-13/h3-4,7-10,13H,1-2,5-6,11H2,(H,19,23)(H,21,22). The van der Waals surface area contributed by atoms with Crippen molar-refractivity contribution in [2.75, 3.05) is 11.9 Å². The summed E-state index contributed by atoms with van der Waals surface area (Å²) in [6.07, 6.45) is 6.05. The van der Waals surface area contributed by atoms with Gasteiger partial charge in [-0.1, -0.05) is 18.9 Å². The van der Waals surface area contributed by atoms with E-state index in [1.165, 1.54) is 0 Å². The van der Waals surface area contributed by atoms with Gasteiger partial charge in [0.15, 0.2) is 6.61 Å². The Morgan fingerprint density at radius 2 is 2.08 bits per heavy atom. The molecule has 0 radical (unpaired) electrons. The molecule has 24 heavy (non-hydrogen) atoms. The molecule has 1 aliphatic carbocycles. The molecule has 1 aliphatic rings. The third-order valence-corrected chi connectivity index (χ3v) is 4.03. The highest BCUT2D eigenvalue weighted by molar-refractivity contribution is 6.03. The van der Waals surface area contributed by atoms with Crippen LogP contribution in [0.4, 0.5) is 5.69 Å². The van der Waals surface area contributed by atoms with Crippen molar-refractivity contribution in [3.63, 3.8) is 0 Å². The fraction of sp³-hybridized carbons (Fsp3) is 0.353. The molecule has 0 aliphatic heterocycles. The van der Waals surface area contributed by atoms with Crippen LogP contribution in [-0.2, 0) is 4.79 Å². The third kappa shape index (κ3) is 3.73. The maximum Gasteiger partial charge on any atom is 0.341 e. The van der Waals surface area contributed by atoms with Crippen LogP contribution in [0.2, 0.25) is 0 Å². The van der Waals surface area contributed by atoms with Gasteiger partial charge in [0.05, 0.1) is 6.04 Å². The van der Waals surface area contributed by atoms with Crippen molar-refractivity contribution < 1.29 is 19.4 Å². The Morgan fingerprint density at radius 1 is 1.29 bits per heavy atom. The minimum atomic E-state index is -1.05. The molecule has 1 heterocycles. The van der Waals surface area contributed by atoms with Crippen molar-refractivity contribution in [1.29, 1.82) is 0 Å². The minimum Gasteiger partial charge on any atom is -0.482 e. The molecule has 7 nitrogen and oxygen atoms in total. The number of carboxylic acid groups (broad SMARTS) is 1. The molecule has 1 saturated carbocycles. The highest BCUT2D eigenvalue weighted by atomic mass is 16.5. The monoisotopic (exact) mass is 329 g/mol. The lowest BCUT2D eigenvalue weighted by Crippen LogP contribution is -2.20. The van der Waals surface area contributed by atoms with Gasteiger partial charge in [0.1, 0.15) is 11.4 Å². The SMILES string of the molecule is O=C(O)COc1cccc(NC(=O)c2ccnn2C2CCCC2)c1. The van der Waals surface area contributed by atoms with E-state index in [-0.39, 0.29) is 11.9 Å². The lowest BCUT2D eigenvalue weighted by Gasteiger charge is -2.14. The number of ether oxygens (including phenoxy) is 1. The molecular weight excluding hydrogens is 310 g/mol. The van der Waals surface area contributed by atoms with E-state index < -0.39 is 12.6 Å². The molecule has 1 aromatic carbocycles. The van der Waals surface area contributed by atoms with E-state index in [4.69, 9.17) is 9.84 Å². The number of aliphatic carboxylic acids is 1. The van der Waals surface area contributed by atoms with Crippen LogP contribution in [0, 0.1) is 0 Å². The maximum absolute atomic E-state index is 12.5. The number of aromatic nitrogens is 2. The fourth-order valence-corrected chi connectivity index (χ4v) is 2.94. The first-order chi connectivity index (χ1) is 11.6. The average molecular weight is 329 g/mol. The van der Waals surface area contributed by atoms with E-state index >= 15 is 0 Å². The van der Waals surface area contributed by atoms with Gasteiger partial charge >= 0.3 is 5.97 Å². The number of rotatable bonds is 6. The number of benzene rings is 1. The molecule has 1 fully saturated rings. The van der Waals surface area contributed by atoms with E-state index in [9.17, 15) is 9.59 Å². The number of hydrogen-bond acceptors (Lipinski definition) is 4. The molecular formula is C17H19N3O4. The van der Waals surface area contributed by atoms with E-state index in [0.29, 0.717) is 17.1 Å². The van der Waals surface area contributed by atoms with E-state index in [0.717, 1.165) is 25.7 Å². The van der Waals surface area contributed by atoms with Crippen LogP contribution in [0.1, 0.15) is 42.2 Å². The van der Waals surface area contributed by atoms with Crippen molar-refractivity contribution in [3.8, 4) is 5.75 Å². The summed E-state index contributed by atoms with van der Waals surface area (Å²) in [7, 11) is 0. The van der Waals surface area contributed by atoms with Crippen molar-refractivity contribution in [2.45, 2.75) is 31.7 Å². The van der Waals surface area contributed by atoms with Crippen LogP contribution in [0.5, 0.6) is 5.75 Å². The summed E-state index contributed by atoms with van der Waals surface area (Å²) in [5.74, 6) is -0.904. The first-order valence-corrected chi connectivity index (χ1v) is 7.93. The number of carbonyl (C=O) groups excluding carboxylic acids is 1. The second kappa shape index (κ2) is 7.16. The van der Waals surface area contributed by atoms with Gasteiger partial charge in [0.2, 0.25) is 0 Å². The number of nitrogens with zero attached hydrogens (tertiary/aromatic N) is 2. The smallest absolute Gasteiger partial charge is 0.341 e. The molecule has 0 saturated heterocycles. The molecule has 126 valence electrons. The van der Waals surface area contributed by atoms with Crippen LogP contribution in [0.25, 0.3) is 0 Å². The summed E-state index contributed by atoms with van der Waals surface area (Å²) in [6.45, 7) is -0.425. The quantitative estimate of drug-likeness (QED) is 0.850. The van der Waals surface area contributed by atoms with Gasteiger partial charge in [-0.25, -0.2) is 4.79 Å². The average Bonchev–Trinajstić information content (AvgIpc) is 3.23. The summed E-state index contributed by atoms with van der Waals surface area (Å²) >= 11 is 0. The Kier molecular flexibility index (Phi) is 4.79. The Bertz CT molecular complexity index is 735. The Labute approximate surface area is 139 Å². The number of nitrogens with one attached hydrogen (secondary N) is 1. The van der Waals surface area contributed by atoms with Crippen LogP contribution < -0.4 is 10.1 Å². The molecule has 0 spiro atoms. The normalized spacial score (nSPS) is 14.5. The van der Waals surface area contributed by atoms with Crippen molar-refractivity contribution in [2.24, 2.45) is 0 Å². The summed E-state index contributed by atoms with van der Waals surface area (Å²) < 4.78 is 6.92. The number of carbonyl (C=O) groups is 2. The lowest BCUT2D eigenvalue weighted by atomic mass is 10.2. The summed E-state index contributed by atoms with van der Waals surface area (Å²) in [6, 6.07) is 8.64. The van der Waals surface area contributed by atoms with E-state index in [1.807, 2.05) is 0 Å². The molecule has 7 heteroatoms. The lowest BCUT2D eigenvalue weighted by molar-refractivity contribution is -0.139. The first kappa shape index (κ1) is 16.0. The zero-order valence-corrected chi connectivity index (χ0v) is 13.1. The van der Waals surface area contributed by atoms with Gasteiger partial charge in [-0.05, 0) is 31.0 Å². The van der Waals surface area contributed by atoms with Crippen molar-refractivity contribution in [3.05, 3.63) is 42.2 Å². The Hall–Kier alpha value is -2.83. The fourth-order valence-electron chi connectivity index (χ4n) is 2.94. The van der Waals surface area contributed by atoms with Gasteiger partial charge in [-0.15, -0.1) is 0 Å². The molecule has 1 amide bonds. The highest BCUT2D eigenvalue weighted by Crippen LogP contribution is 2.30. The van der Waals surface area contributed by atoms with Crippen LogP contribution in [-0.4, -0.2) is 33.4 Å². The van der Waals surface area contributed by atoms with Gasteiger partial charge in [-0.3, -0.25) is 9.48 Å². The van der Waals surface area contributed by atoms with E-state index in [1.54, 1.807) is 41.2 Å². The Morgan fingerprint density at radius 3 is 2.83 bits per heavy atom. The first-order valence-electron chi connectivity index (χ1n) is 7.93. The number of carboxylic acids is 1. The summed E-state index contributed by atoms with van der Waals surface area (Å²) in [5.41, 5.74) is 1.07. The van der Waals surface area contributed by atoms with E-state index in [2.05, 4.69) is 10.4 Å². The third-order valence-electron chi connectivity index (χ3n) is 4.03. The predicted octanol–water partition coefficient (Wildman–Crippen LogP) is 2.71. The summed E-state index contributed by atoms with van der Waals surface area (Å²) in [4.78, 5) is 23.1. The minimum absolute atomic E-state index is 0.241. The zero-order valence-electron chi connectivity index (χ0n) is 13.1. The van der Waals surface area contributed by atoms with Crippen molar-refractivity contribution >= 4 is 17.6 Å². The van der Waals surface area contributed by atoms with Crippen LogP contribution in [0.15, 0.2) is 36.5 Å². The largest absolute Gasteiger partial charge is 0.482 e. The summed E-state index contributed by atoms with van der Waals surface area (Å²) in [5, 5.41) is 15.7. The second-order valence-corrected chi connectivity index (χ2v) is 5.76. The van der Waals surface area contributed by atoms with Crippen molar-refractivity contribution in [1.82, 2.24) is 9.78 Å². The van der Waals surface area contributed by atoms with Crippen LogP contribution >= 0.6 is 0 Å². The molecule has 0 unspecified atom stereocenters. The molecule has 1 aromatic heterocycles. The molecule has 0 bridgehead atoms. The number of hydrogen-bond donors (Lipinski definition) is 2. The highest BCUT2D eigenvalue weighted by Gasteiger charge is 2.22. The molecule has 2 aromatic rings. The maximum atomic E-state index is 12.5. The number of anilines is 1. The zero-order chi connectivity index (χ0) is 16.9. The molecule has 2 N–H and O–H groups in total. The number of amides is 1. The van der Waals surface area contributed by atoms with Gasteiger partial charge < -0.3 is 15.2 Å². The van der Waals surface area contributed by atoms with Gasteiger partial charge in [0.25, 0.3) is 5.91 Å². The molecule has 3 rings (SSSR count). The topological polar surface area (TPSA) is 93.4 Å².